The monoisotopic (exact) mass is 354 g/mol. The molecule has 0 aliphatic carbocycles. The summed E-state index contributed by atoms with van der Waals surface area (Å²) in [6.45, 7) is 3.61. The third-order valence-electron chi connectivity index (χ3n) is 5.68. The van der Waals surface area contributed by atoms with Crippen molar-refractivity contribution in [3.05, 3.63) is 54.0 Å². The first-order valence-electron chi connectivity index (χ1n) is 9.44. The zero-order valence-corrected chi connectivity index (χ0v) is 15.3. The Morgan fingerprint density at radius 3 is 2.65 bits per heavy atom. The zero-order chi connectivity index (χ0) is 17.9. The molecule has 26 heavy (non-hydrogen) atoms. The van der Waals surface area contributed by atoms with Crippen LogP contribution in [0.1, 0.15) is 36.6 Å². The van der Waals surface area contributed by atoms with E-state index in [0.29, 0.717) is 5.91 Å². The molecule has 5 heteroatoms. The molecule has 0 bridgehead atoms. The fourth-order valence-corrected chi connectivity index (χ4v) is 4.04. The van der Waals surface area contributed by atoms with E-state index < -0.39 is 0 Å². The standard InChI is InChI=1S/C21H26N2O3/c1-25-18-5-2-4-17(14-18)20-9-12-23(20)21(24)16-7-10-22(11-8-16)15-19-6-3-13-26-19/h2-6,13-14,16,20H,7-12,15H2,1H3. The lowest BCUT2D eigenvalue weighted by molar-refractivity contribution is -0.145. The minimum absolute atomic E-state index is 0.149. The Morgan fingerprint density at radius 2 is 2.00 bits per heavy atom. The van der Waals surface area contributed by atoms with Gasteiger partial charge in [0.1, 0.15) is 11.5 Å². The van der Waals surface area contributed by atoms with E-state index in [9.17, 15) is 4.79 Å². The highest BCUT2D eigenvalue weighted by Crippen LogP contribution is 2.37. The van der Waals surface area contributed by atoms with Crippen LogP contribution in [0.15, 0.2) is 47.1 Å². The number of methoxy groups -OCH3 is 1. The molecular formula is C21H26N2O3. The Labute approximate surface area is 154 Å². The Kier molecular flexibility index (Phi) is 4.98. The van der Waals surface area contributed by atoms with Crippen LogP contribution in [-0.4, -0.2) is 42.5 Å². The highest BCUT2D eigenvalue weighted by Gasteiger charge is 2.37. The molecule has 138 valence electrons. The maximum atomic E-state index is 13.0. The van der Waals surface area contributed by atoms with Gasteiger partial charge in [-0.2, -0.15) is 0 Å². The average Bonchev–Trinajstić information content (AvgIpc) is 3.14. The number of ether oxygens (including phenoxy) is 1. The Balaban J connectivity index is 1.33. The van der Waals surface area contributed by atoms with Gasteiger partial charge in [0, 0.05) is 12.5 Å². The van der Waals surface area contributed by atoms with Gasteiger partial charge >= 0.3 is 0 Å². The van der Waals surface area contributed by atoms with Crippen LogP contribution in [0.5, 0.6) is 5.75 Å². The second kappa shape index (κ2) is 7.54. The van der Waals surface area contributed by atoms with Crippen LogP contribution in [0.4, 0.5) is 0 Å². The van der Waals surface area contributed by atoms with Gasteiger partial charge in [-0.15, -0.1) is 0 Å². The predicted octanol–water partition coefficient (Wildman–Crippen LogP) is 3.47. The third-order valence-corrected chi connectivity index (χ3v) is 5.68. The summed E-state index contributed by atoms with van der Waals surface area (Å²) in [5, 5.41) is 0. The van der Waals surface area contributed by atoms with E-state index in [1.54, 1.807) is 13.4 Å². The molecule has 0 spiro atoms. The van der Waals surface area contributed by atoms with Crippen LogP contribution in [0.25, 0.3) is 0 Å². The van der Waals surface area contributed by atoms with E-state index in [0.717, 1.165) is 57.0 Å². The summed E-state index contributed by atoms with van der Waals surface area (Å²) in [6.07, 6.45) is 4.62. The van der Waals surface area contributed by atoms with Crippen molar-refractivity contribution in [2.45, 2.75) is 31.8 Å². The smallest absolute Gasteiger partial charge is 0.226 e. The lowest BCUT2D eigenvalue weighted by Crippen LogP contribution is -2.49. The summed E-state index contributed by atoms with van der Waals surface area (Å²) in [6, 6.07) is 12.2. The highest BCUT2D eigenvalue weighted by molar-refractivity contribution is 5.80. The minimum atomic E-state index is 0.149. The summed E-state index contributed by atoms with van der Waals surface area (Å²) < 4.78 is 10.8. The summed E-state index contributed by atoms with van der Waals surface area (Å²) >= 11 is 0. The number of carbonyl (C=O) groups is 1. The van der Waals surface area contributed by atoms with Gasteiger partial charge in [0.05, 0.1) is 26.0 Å². The van der Waals surface area contributed by atoms with Crippen molar-refractivity contribution in [3.63, 3.8) is 0 Å². The number of likely N-dealkylation sites (tertiary alicyclic amines) is 2. The van der Waals surface area contributed by atoms with Gasteiger partial charge < -0.3 is 14.1 Å². The topological polar surface area (TPSA) is 45.9 Å². The van der Waals surface area contributed by atoms with Crippen LogP contribution < -0.4 is 4.74 Å². The van der Waals surface area contributed by atoms with E-state index in [-0.39, 0.29) is 12.0 Å². The van der Waals surface area contributed by atoms with E-state index >= 15 is 0 Å². The van der Waals surface area contributed by atoms with Gasteiger partial charge in [-0.05, 0) is 62.2 Å². The summed E-state index contributed by atoms with van der Waals surface area (Å²) in [7, 11) is 1.68. The van der Waals surface area contributed by atoms with Gasteiger partial charge in [0.25, 0.3) is 0 Å². The lowest BCUT2D eigenvalue weighted by Gasteiger charge is -2.44. The molecule has 3 heterocycles. The number of furan rings is 1. The number of rotatable bonds is 5. The number of carbonyl (C=O) groups excluding carboxylic acids is 1. The quantitative estimate of drug-likeness (QED) is 0.825. The van der Waals surface area contributed by atoms with Crippen molar-refractivity contribution in [1.29, 1.82) is 0 Å². The number of amides is 1. The Bertz CT molecular complexity index is 735. The summed E-state index contributed by atoms with van der Waals surface area (Å²) in [5.41, 5.74) is 1.18. The molecular weight excluding hydrogens is 328 g/mol. The molecule has 1 aromatic carbocycles. The molecule has 2 fully saturated rings. The molecule has 2 aromatic rings. The summed E-state index contributed by atoms with van der Waals surface area (Å²) in [4.78, 5) is 17.4. The SMILES string of the molecule is COc1cccc(C2CCN2C(=O)C2CCN(Cc3ccco3)CC2)c1. The number of hydrogen-bond donors (Lipinski definition) is 0. The molecule has 0 saturated carbocycles. The Hall–Kier alpha value is -2.27. The predicted molar refractivity (Wildman–Crippen MR) is 98.8 cm³/mol. The van der Waals surface area contributed by atoms with Gasteiger partial charge in [0.2, 0.25) is 5.91 Å². The van der Waals surface area contributed by atoms with Crippen LogP contribution >= 0.6 is 0 Å². The highest BCUT2D eigenvalue weighted by atomic mass is 16.5. The fourth-order valence-electron chi connectivity index (χ4n) is 4.04. The molecule has 0 radical (unpaired) electrons. The number of piperidine rings is 1. The number of hydrogen-bond acceptors (Lipinski definition) is 4. The maximum Gasteiger partial charge on any atom is 0.226 e. The van der Waals surface area contributed by atoms with Crippen LogP contribution in [0.2, 0.25) is 0 Å². The lowest BCUT2D eigenvalue weighted by atomic mass is 9.89. The average molecular weight is 354 g/mol. The van der Waals surface area contributed by atoms with E-state index in [2.05, 4.69) is 21.9 Å². The molecule has 2 saturated heterocycles. The van der Waals surface area contributed by atoms with E-state index in [1.165, 1.54) is 5.56 Å². The van der Waals surface area contributed by atoms with Crippen LogP contribution in [0, 0.1) is 5.92 Å². The van der Waals surface area contributed by atoms with Crippen molar-refractivity contribution in [2.75, 3.05) is 26.7 Å². The molecule has 5 nitrogen and oxygen atoms in total. The van der Waals surface area contributed by atoms with Crippen molar-refractivity contribution < 1.29 is 13.9 Å². The van der Waals surface area contributed by atoms with Crippen molar-refractivity contribution in [2.24, 2.45) is 5.92 Å². The molecule has 1 amide bonds. The van der Waals surface area contributed by atoms with Gasteiger partial charge in [-0.3, -0.25) is 9.69 Å². The molecule has 2 aliphatic heterocycles. The van der Waals surface area contributed by atoms with Gasteiger partial charge in [0.15, 0.2) is 0 Å². The summed E-state index contributed by atoms with van der Waals surface area (Å²) in [5.74, 6) is 2.32. The molecule has 0 N–H and O–H groups in total. The maximum absolute atomic E-state index is 13.0. The number of benzene rings is 1. The second-order valence-corrected chi connectivity index (χ2v) is 7.24. The normalized spacial score (nSPS) is 21.4. The first-order valence-corrected chi connectivity index (χ1v) is 9.44. The first kappa shape index (κ1) is 17.2. The van der Waals surface area contributed by atoms with Crippen molar-refractivity contribution in [3.8, 4) is 5.75 Å². The van der Waals surface area contributed by atoms with Crippen molar-refractivity contribution in [1.82, 2.24) is 9.80 Å². The van der Waals surface area contributed by atoms with Crippen molar-refractivity contribution >= 4 is 5.91 Å². The zero-order valence-electron chi connectivity index (χ0n) is 15.3. The molecule has 4 rings (SSSR count). The molecule has 1 atom stereocenters. The third kappa shape index (κ3) is 3.49. The minimum Gasteiger partial charge on any atom is -0.497 e. The first-order chi connectivity index (χ1) is 12.7. The number of nitrogens with zero attached hydrogens (tertiary/aromatic N) is 2. The largest absolute Gasteiger partial charge is 0.497 e. The molecule has 2 aliphatic rings. The van der Waals surface area contributed by atoms with Crippen LogP contribution in [0.3, 0.4) is 0 Å². The molecule has 1 aromatic heterocycles. The van der Waals surface area contributed by atoms with E-state index in [4.69, 9.17) is 9.15 Å². The van der Waals surface area contributed by atoms with E-state index in [1.807, 2.05) is 24.3 Å². The Morgan fingerprint density at radius 1 is 1.15 bits per heavy atom. The molecule has 1 unspecified atom stereocenters. The van der Waals surface area contributed by atoms with Gasteiger partial charge in [-0.1, -0.05) is 12.1 Å². The van der Waals surface area contributed by atoms with Crippen LogP contribution in [-0.2, 0) is 11.3 Å². The fraction of sp³-hybridized carbons (Fsp3) is 0.476. The second-order valence-electron chi connectivity index (χ2n) is 7.24. The van der Waals surface area contributed by atoms with Gasteiger partial charge in [-0.25, -0.2) is 0 Å².